The normalized spacial score (nSPS) is 17.9. The zero-order valence-corrected chi connectivity index (χ0v) is 18.1. The Hall–Kier alpha value is -3.22. The summed E-state index contributed by atoms with van der Waals surface area (Å²) in [5, 5.41) is 11.5. The number of furan rings is 1. The van der Waals surface area contributed by atoms with Crippen molar-refractivity contribution in [2.45, 2.75) is 13.0 Å². The van der Waals surface area contributed by atoms with Crippen molar-refractivity contribution in [2.75, 3.05) is 12.0 Å². The lowest BCUT2D eigenvalue weighted by molar-refractivity contribution is -0.132. The summed E-state index contributed by atoms with van der Waals surface area (Å²) < 4.78 is 11.0. The number of anilines is 1. The number of aliphatic hydroxyl groups excluding tert-OH is 1. The molecule has 4 rings (SSSR count). The lowest BCUT2D eigenvalue weighted by Gasteiger charge is -2.23. The summed E-state index contributed by atoms with van der Waals surface area (Å²) in [7, 11) is 1.50. The average Bonchev–Trinajstić information content (AvgIpc) is 3.30. The van der Waals surface area contributed by atoms with Gasteiger partial charge in [-0.05, 0) is 49.4 Å². The third-order valence-electron chi connectivity index (χ3n) is 5.00. The SMILES string of the molecule is COc1cccc(N2C(=O)C(=O)/C(=C(\O)c3ccc(Cl)c(Cl)c3)C2c2ccc(C)o2)c1. The lowest BCUT2D eigenvalue weighted by Crippen LogP contribution is -2.29. The molecule has 8 heteroatoms. The van der Waals surface area contributed by atoms with Crippen LogP contribution in [-0.4, -0.2) is 23.9 Å². The van der Waals surface area contributed by atoms with E-state index >= 15 is 0 Å². The van der Waals surface area contributed by atoms with Crippen LogP contribution in [0, 0.1) is 6.92 Å². The molecule has 31 heavy (non-hydrogen) atoms. The molecule has 0 radical (unpaired) electrons. The smallest absolute Gasteiger partial charge is 0.300 e. The summed E-state index contributed by atoms with van der Waals surface area (Å²) in [6.45, 7) is 1.75. The zero-order chi connectivity index (χ0) is 22.3. The Bertz CT molecular complexity index is 1230. The quantitative estimate of drug-likeness (QED) is 0.316. The number of benzene rings is 2. The van der Waals surface area contributed by atoms with Crippen LogP contribution in [0.1, 0.15) is 23.1 Å². The van der Waals surface area contributed by atoms with Crippen LogP contribution in [0.2, 0.25) is 10.0 Å². The van der Waals surface area contributed by atoms with Gasteiger partial charge in [0.2, 0.25) is 0 Å². The summed E-state index contributed by atoms with van der Waals surface area (Å²) in [6, 6.07) is 13.6. The molecule has 2 heterocycles. The molecule has 1 amide bonds. The first-order valence-electron chi connectivity index (χ1n) is 9.28. The highest BCUT2D eigenvalue weighted by molar-refractivity contribution is 6.51. The van der Waals surface area contributed by atoms with Crippen LogP contribution in [0.3, 0.4) is 0 Å². The number of carbonyl (C=O) groups excluding carboxylic acids is 2. The van der Waals surface area contributed by atoms with Gasteiger partial charge in [0.05, 0.1) is 22.7 Å². The Balaban J connectivity index is 1.94. The molecule has 0 saturated carbocycles. The van der Waals surface area contributed by atoms with Crippen LogP contribution in [0.4, 0.5) is 5.69 Å². The van der Waals surface area contributed by atoms with Crippen molar-refractivity contribution in [1.29, 1.82) is 0 Å². The van der Waals surface area contributed by atoms with Crippen molar-refractivity contribution in [2.24, 2.45) is 0 Å². The van der Waals surface area contributed by atoms with Crippen LogP contribution in [-0.2, 0) is 9.59 Å². The first kappa shape index (κ1) is 21.0. The molecular formula is C23H17Cl2NO5. The predicted molar refractivity (Wildman–Crippen MR) is 118 cm³/mol. The molecule has 1 N–H and O–H groups in total. The number of hydrogen-bond donors (Lipinski definition) is 1. The Labute approximate surface area is 188 Å². The number of rotatable bonds is 4. The molecule has 0 bridgehead atoms. The van der Waals surface area contributed by atoms with E-state index in [2.05, 4.69) is 0 Å². The maximum Gasteiger partial charge on any atom is 0.300 e. The molecule has 1 atom stereocenters. The van der Waals surface area contributed by atoms with Gasteiger partial charge in [-0.3, -0.25) is 14.5 Å². The minimum Gasteiger partial charge on any atom is -0.507 e. The maximum atomic E-state index is 13.1. The van der Waals surface area contributed by atoms with Gasteiger partial charge in [0.15, 0.2) is 0 Å². The van der Waals surface area contributed by atoms with Gasteiger partial charge in [-0.2, -0.15) is 0 Å². The van der Waals surface area contributed by atoms with Crippen molar-refractivity contribution in [1.82, 2.24) is 0 Å². The van der Waals surface area contributed by atoms with E-state index in [1.54, 1.807) is 43.3 Å². The fourth-order valence-corrected chi connectivity index (χ4v) is 3.83. The topological polar surface area (TPSA) is 80.0 Å². The van der Waals surface area contributed by atoms with E-state index < -0.39 is 17.7 Å². The second kappa shape index (κ2) is 8.13. The fourth-order valence-electron chi connectivity index (χ4n) is 3.53. The van der Waals surface area contributed by atoms with Gasteiger partial charge in [-0.15, -0.1) is 0 Å². The number of Topliss-reactive ketones (excluding diaryl/α,β-unsaturated/α-hetero) is 1. The number of hydrogen-bond acceptors (Lipinski definition) is 5. The molecule has 1 unspecified atom stereocenters. The van der Waals surface area contributed by atoms with Crippen molar-refractivity contribution in [3.63, 3.8) is 0 Å². The predicted octanol–water partition coefficient (Wildman–Crippen LogP) is 5.53. The molecule has 2 aromatic carbocycles. The number of aliphatic hydroxyl groups is 1. The van der Waals surface area contributed by atoms with Crippen LogP contribution < -0.4 is 9.64 Å². The Morgan fingerprint density at radius 2 is 1.84 bits per heavy atom. The average molecular weight is 458 g/mol. The van der Waals surface area contributed by atoms with Crippen LogP contribution in [0.5, 0.6) is 5.75 Å². The van der Waals surface area contributed by atoms with Crippen molar-refractivity contribution >= 4 is 46.3 Å². The lowest BCUT2D eigenvalue weighted by atomic mass is 9.99. The number of carbonyl (C=O) groups is 2. The second-order valence-electron chi connectivity index (χ2n) is 6.95. The van der Waals surface area contributed by atoms with Gasteiger partial charge in [0, 0.05) is 17.3 Å². The van der Waals surface area contributed by atoms with Gasteiger partial charge in [0.25, 0.3) is 11.7 Å². The molecule has 1 fully saturated rings. The third-order valence-corrected chi connectivity index (χ3v) is 5.74. The van der Waals surface area contributed by atoms with E-state index in [1.165, 1.54) is 30.2 Å². The minimum atomic E-state index is -0.977. The maximum absolute atomic E-state index is 13.1. The van der Waals surface area contributed by atoms with Gasteiger partial charge >= 0.3 is 0 Å². The van der Waals surface area contributed by atoms with E-state index in [4.69, 9.17) is 32.4 Å². The zero-order valence-electron chi connectivity index (χ0n) is 16.6. The minimum absolute atomic E-state index is 0.111. The van der Waals surface area contributed by atoms with E-state index in [9.17, 15) is 14.7 Å². The second-order valence-corrected chi connectivity index (χ2v) is 7.76. The van der Waals surface area contributed by atoms with Gasteiger partial charge in [-0.25, -0.2) is 0 Å². The van der Waals surface area contributed by atoms with E-state index in [-0.39, 0.29) is 21.9 Å². The number of ether oxygens (including phenoxy) is 1. The van der Waals surface area contributed by atoms with Gasteiger partial charge < -0.3 is 14.3 Å². The van der Waals surface area contributed by atoms with E-state index in [0.29, 0.717) is 28.0 Å². The van der Waals surface area contributed by atoms with Gasteiger partial charge in [-0.1, -0.05) is 29.3 Å². The molecule has 1 aromatic heterocycles. The Morgan fingerprint density at radius 1 is 1.06 bits per heavy atom. The van der Waals surface area contributed by atoms with Crippen molar-refractivity contribution in [3.05, 3.63) is 87.3 Å². The van der Waals surface area contributed by atoms with Crippen LogP contribution >= 0.6 is 23.2 Å². The highest BCUT2D eigenvalue weighted by Crippen LogP contribution is 2.43. The summed E-state index contributed by atoms with van der Waals surface area (Å²) in [4.78, 5) is 27.4. The number of methoxy groups -OCH3 is 1. The molecule has 1 aliphatic heterocycles. The fraction of sp³-hybridized carbons (Fsp3) is 0.130. The standard InChI is InChI=1S/C23H17Cl2NO5/c1-12-6-9-18(31-12)20-19(21(27)13-7-8-16(24)17(25)10-13)22(28)23(29)26(20)14-4-3-5-15(11-14)30-2/h3-11,20,27H,1-2H3/b21-19-. The molecule has 158 valence electrons. The summed E-state index contributed by atoms with van der Waals surface area (Å²) in [5.41, 5.74) is 0.570. The van der Waals surface area contributed by atoms with E-state index in [0.717, 1.165) is 0 Å². The number of ketones is 1. The highest BCUT2D eigenvalue weighted by atomic mass is 35.5. The number of halogens is 2. The number of nitrogens with zero attached hydrogens (tertiary/aromatic N) is 1. The molecular weight excluding hydrogens is 441 g/mol. The highest BCUT2D eigenvalue weighted by Gasteiger charge is 2.48. The first-order chi connectivity index (χ1) is 14.8. The largest absolute Gasteiger partial charge is 0.507 e. The monoisotopic (exact) mass is 457 g/mol. The van der Waals surface area contributed by atoms with Gasteiger partial charge in [0.1, 0.15) is 29.1 Å². The molecule has 1 saturated heterocycles. The van der Waals surface area contributed by atoms with Crippen LogP contribution in [0.25, 0.3) is 5.76 Å². The third kappa shape index (κ3) is 3.69. The molecule has 0 spiro atoms. The molecule has 6 nitrogen and oxygen atoms in total. The van der Waals surface area contributed by atoms with E-state index in [1.807, 2.05) is 0 Å². The summed E-state index contributed by atoms with van der Waals surface area (Å²) >= 11 is 12.1. The van der Waals surface area contributed by atoms with Crippen molar-refractivity contribution in [3.8, 4) is 5.75 Å². The summed E-state index contributed by atoms with van der Waals surface area (Å²) in [6.07, 6.45) is 0. The number of amides is 1. The molecule has 0 aliphatic carbocycles. The first-order valence-corrected chi connectivity index (χ1v) is 10.0. The van der Waals surface area contributed by atoms with Crippen molar-refractivity contribution < 1.29 is 23.8 Å². The Morgan fingerprint density at radius 3 is 2.48 bits per heavy atom. The number of aryl methyl sites for hydroxylation is 1. The molecule has 1 aliphatic rings. The Kier molecular flexibility index (Phi) is 5.52. The summed E-state index contributed by atoms with van der Waals surface area (Å²) in [5.74, 6) is -0.569. The molecule has 3 aromatic rings. The van der Waals surface area contributed by atoms with Crippen LogP contribution in [0.15, 0.2) is 64.6 Å².